The van der Waals surface area contributed by atoms with Gasteiger partial charge in [-0.05, 0) is 12.1 Å². The second-order valence-electron chi connectivity index (χ2n) is 2.79. The number of hydrogen-bond donors (Lipinski definition) is 0. The number of fused-ring (bicyclic) bond motifs is 1. The SMILES string of the molecule is [O]S(=O)(=O)c1cccc2cccnc12. The van der Waals surface area contributed by atoms with Gasteiger partial charge in [0.2, 0.25) is 0 Å². The second-order valence-corrected chi connectivity index (χ2v) is 4.13. The molecular weight excluding hydrogens is 202 g/mol. The van der Waals surface area contributed by atoms with E-state index in [2.05, 4.69) is 4.98 Å². The van der Waals surface area contributed by atoms with Crippen LogP contribution in [0.25, 0.3) is 10.9 Å². The van der Waals surface area contributed by atoms with E-state index in [1.165, 1.54) is 18.3 Å². The number of hydrogen-bond acceptors (Lipinski definition) is 3. The molecule has 4 nitrogen and oxygen atoms in total. The Morgan fingerprint density at radius 1 is 1.07 bits per heavy atom. The monoisotopic (exact) mass is 208 g/mol. The van der Waals surface area contributed by atoms with Crippen molar-refractivity contribution in [1.29, 1.82) is 0 Å². The molecule has 0 atom stereocenters. The first-order chi connectivity index (χ1) is 6.59. The molecule has 0 saturated carbocycles. The van der Waals surface area contributed by atoms with Gasteiger partial charge < -0.3 is 0 Å². The lowest BCUT2D eigenvalue weighted by atomic mass is 10.2. The zero-order valence-electron chi connectivity index (χ0n) is 7.04. The van der Waals surface area contributed by atoms with E-state index >= 15 is 0 Å². The lowest BCUT2D eigenvalue weighted by Gasteiger charge is -1.99. The number of nitrogens with zero attached hydrogens (tertiary/aromatic N) is 1. The van der Waals surface area contributed by atoms with Gasteiger partial charge in [0.05, 0.1) is 5.52 Å². The fraction of sp³-hybridized carbons (Fsp3) is 0. The molecule has 0 unspecified atom stereocenters. The van der Waals surface area contributed by atoms with Crippen LogP contribution in [0.3, 0.4) is 0 Å². The number of pyridine rings is 1. The first kappa shape index (κ1) is 9.11. The van der Waals surface area contributed by atoms with Gasteiger partial charge in [0.25, 0.3) is 0 Å². The third-order valence-corrected chi connectivity index (χ3v) is 2.73. The van der Waals surface area contributed by atoms with Gasteiger partial charge in [0.15, 0.2) is 0 Å². The highest BCUT2D eigenvalue weighted by Crippen LogP contribution is 2.20. The maximum atomic E-state index is 10.9. The normalized spacial score (nSPS) is 11.8. The van der Waals surface area contributed by atoms with Gasteiger partial charge in [-0.2, -0.15) is 8.42 Å². The Labute approximate surface area is 81.0 Å². The molecule has 2 aromatic rings. The Balaban J connectivity index is 2.92. The summed E-state index contributed by atoms with van der Waals surface area (Å²) in [5, 5.41) is 0.643. The molecular formula is C9H6NO3S. The van der Waals surface area contributed by atoms with Crippen molar-refractivity contribution in [3.63, 3.8) is 0 Å². The molecule has 0 fully saturated rings. The minimum absolute atomic E-state index is 0.227. The van der Waals surface area contributed by atoms with Crippen LogP contribution in [0, 0.1) is 0 Å². The molecule has 5 heteroatoms. The molecule has 0 aliphatic rings. The first-order valence-electron chi connectivity index (χ1n) is 3.89. The molecule has 0 spiro atoms. The molecule has 0 N–H and O–H groups in total. The molecule has 71 valence electrons. The topological polar surface area (TPSA) is 66.9 Å². The van der Waals surface area contributed by atoms with Crippen molar-refractivity contribution in [2.75, 3.05) is 0 Å². The minimum atomic E-state index is -4.44. The van der Waals surface area contributed by atoms with Gasteiger partial charge in [0.1, 0.15) is 4.90 Å². The van der Waals surface area contributed by atoms with Gasteiger partial charge in [-0.15, -0.1) is 0 Å². The lowest BCUT2D eigenvalue weighted by molar-refractivity contribution is 0.415. The highest BCUT2D eigenvalue weighted by molar-refractivity contribution is 7.85. The summed E-state index contributed by atoms with van der Waals surface area (Å²) in [5.74, 6) is 0. The van der Waals surface area contributed by atoms with E-state index in [4.69, 9.17) is 0 Å². The maximum absolute atomic E-state index is 10.9. The van der Waals surface area contributed by atoms with Crippen LogP contribution in [0.4, 0.5) is 0 Å². The van der Waals surface area contributed by atoms with Crippen LogP contribution in [0.2, 0.25) is 0 Å². The molecule has 0 saturated heterocycles. The van der Waals surface area contributed by atoms with Crippen LogP contribution in [0.1, 0.15) is 0 Å². The van der Waals surface area contributed by atoms with Crippen LogP contribution in [-0.2, 0) is 14.7 Å². The van der Waals surface area contributed by atoms with Gasteiger partial charge in [-0.3, -0.25) is 4.98 Å². The molecule has 2 rings (SSSR count). The van der Waals surface area contributed by atoms with E-state index in [1.54, 1.807) is 18.2 Å². The predicted octanol–water partition coefficient (Wildman–Crippen LogP) is 1.35. The van der Waals surface area contributed by atoms with Crippen LogP contribution in [0.15, 0.2) is 41.4 Å². The van der Waals surface area contributed by atoms with E-state index in [9.17, 15) is 13.0 Å². The molecule has 14 heavy (non-hydrogen) atoms. The number of para-hydroxylation sites is 1. The van der Waals surface area contributed by atoms with Crippen molar-refractivity contribution in [1.82, 2.24) is 4.98 Å². The number of aromatic nitrogens is 1. The summed E-state index contributed by atoms with van der Waals surface area (Å²) in [6, 6.07) is 7.88. The maximum Gasteiger partial charge on any atom is 0.326 e. The standard InChI is InChI=1S/C9H6NO3S/c11-14(12,13)8-5-1-3-7-4-2-6-10-9(7)8/h1-6H. The van der Waals surface area contributed by atoms with E-state index in [1.807, 2.05) is 0 Å². The third kappa shape index (κ3) is 1.47. The van der Waals surface area contributed by atoms with E-state index in [0.717, 1.165) is 0 Å². The van der Waals surface area contributed by atoms with Crippen molar-refractivity contribution in [3.05, 3.63) is 36.5 Å². The minimum Gasteiger partial charge on any atom is -0.255 e. The highest BCUT2D eigenvalue weighted by Gasteiger charge is 2.15. The zero-order valence-corrected chi connectivity index (χ0v) is 7.86. The van der Waals surface area contributed by atoms with Crippen LogP contribution in [0.5, 0.6) is 0 Å². The summed E-state index contributed by atoms with van der Waals surface area (Å²) in [5.41, 5.74) is 0.227. The smallest absolute Gasteiger partial charge is 0.255 e. The van der Waals surface area contributed by atoms with Crippen molar-refractivity contribution >= 4 is 21.0 Å². The molecule has 0 bridgehead atoms. The Morgan fingerprint density at radius 3 is 2.50 bits per heavy atom. The first-order valence-corrected chi connectivity index (χ1v) is 5.29. The lowest BCUT2D eigenvalue weighted by Crippen LogP contribution is -1.97. The summed E-state index contributed by atoms with van der Waals surface area (Å²) in [4.78, 5) is 3.60. The summed E-state index contributed by atoms with van der Waals surface area (Å²) < 4.78 is 32.6. The largest absolute Gasteiger partial charge is 0.326 e. The fourth-order valence-corrected chi connectivity index (χ4v) is 1.93. The van der Waals surface area contributed by atoms with E-state index in [0.29, 0.717) is 5.39 Å². The summed E-state index contributed by atoms with van der Waals surface area (Å²) in [6.07, 6.45) is 1.46. The quantitative estimate of drug-likeness (QED) is 0.710. The Bertz CT molecular complexity index is 572. The Morgan fingerprint density at radius 2 is 1.79 bits per heavy atom. The van der Waals surface area contributed by atoms with E-state index in [-0.39, 0.29) is 10.4 Å². The van der Waals surface area contributed by atoms with Crippen molar-refractivity contribution in [2.24, 2.45) is 0 Å². The van der Waals surface area contributed by atoms with Gasteiger partial charge in [-0.25, -0.2) is 0 Å². The number of benzene rings is 1. The van der Waals surface area contributed by atoms with Gasteiger partial charge >= 0.3 is 10.1 Å². The molecule has 1 aromatic heterocycles. The summed E-state index contributed by atoms with van der Waals surface area (Å²) in [7, 11) is -4.44. The molecule has 1 radical (unpaired) electrons. The van der Waals surface area contributed by atoms with Crippen LogP contribution < -0.4 is 0 Å². The van der Waals surface area contributed by atoms with Crippen molar-refractivity contribution < 1.29 is 13.0 Å². The average molecular weight is 208 g/mol. The van der Waals surface area contributed by atoms with Crippen LogP contribution >= 0.6 is 0 Å². The van der Waals surface area contributed by atoms with Crippen LogP contribution in [-0.4, -0.2) is 13.4 Å². The molecule has 0 aliphatic carbocycles. The highest BCUT2D eigenvalue weighted by atomic mass is 32.2. The second kappa shape index (κ2) is 3.04. The van der Waals surface area contributed by atoms with Gasteiger partial charge in [-0.1, -0.05) is 22.8 Å². The molecule has 1 heterocycles. The summed E-state index contributed by atoms with van der Waals surface area (Å²) >= 11 is 0. The Hall–Kier alpha value is -1.46. The molecule has 1 aromatic carbocycles. The third-order valence-electron chi connectivity index (χ3n) is 1.87. The summed E-state index contributed by atoms with van der Waals surface area (Å²) in [6.45, 7) is 0. The zero-order chi connectivity index (χ0) is 10.2. The average Bonchev–Trinajstić information content (AvgIpc) is 2.15. The van der Waals surface area contributed by atoms with Gasteiger partial charge in [0, 0.05) is 11.6 Å². The Kier molecular flexibility index (Phi) is 1.98. The molecule has 0 amide bonds. The number of rotatable bonds is 1. The predicted molar refractivity (Wildman–Crippen MR) is 49.6 cm³/mol. The fourth-order valence-electron chi connectivity index (χ4n) is 1.28. The van der Waals surface area contributed by atoms with Crippen molar-refractivity contribution in [2.45, 2.75) is 4.90 Å². The van der Waals surface area contributed by atoms with Crippen molar-refractivity contribution in [3.8, 4) is 0 Å². The molecule has 0 aliphatic heterocycles. The van der Waals surface area contributed by atoms with E-state index < -0.39 is 10.1 Å².